The zero-order valence-corrected chi connectivity index (χ0v) is 8.86. The van der Waals surface area contributed by atoms with Crippen molar-refractivity contribution in [1.82, 2.24) is 0 Å². The third-order valence-electron chi connectivity index (χ3n) is 1.88. The van der Waals surface area contributed by atoms with E-state index in [9.17, 15) is 4.79 Å². The molecule has 0 heterocycles. The molecule has 0 aromatic carbocycles. The Morgan fingerprint density at radius 1 is 1.85 bits per heavy atom. The van der Waals surface area contributed by atoms with Crippen LogP contribution in [-0.2, 0) is 4.79 Å². The quantitative estimate of drug-likeness (QED) is 0.792. The number of hydrogen-bond donors (Lipinski definition) is 1. The summed E-state index contributed by atoms with van der Waals surface area (Å²) < 4.78 is 0. The Morgan fingerprint density at radius 3 is 3.15 bits per heavy atom. The molecule has 0 fully saturated rings. The van der Waals surface area contributed by atoms with E-state index in [-0.39, 0.29) is 11.0 Å². The number of allylic oxidation sites excluding steroid dienone is 3. The summed E-state index contributed by atoms with van der Waals surface area (Å²) in [4.78, 5) is 10.3. The first-order chi connectivity index (χ1) is 6.11. The average Bonchev–Trinajstić information content (AvgIpc) is 2.07. The first-order valence-electron chi connectivity index (χ1n) is 3.97. The second-order valence-electron chi connectivity index (χ2n) is 2.86. The van der Waals surface area contributed by atoms with Gasteiger partial charge in [0.1, 0.15) is 0 Å². The normalized spacial score (nSPS) is 22.2. The summed E-state index contributed by atoms with van der Waals surface area (Å²) in [6, 6.07) is 0. The number of carboxylic acids is 1. The predicted octanol–water partition coefficient (Wildman–Crippen LogP) is 2.65. The van der Waals surface area contributed by atoms with Crippen molar-refractivity contribution in [2.75, 3.05) is 5.75 Å². The SMILES string of the molecule is CC1=C(Cl)C=CCC1SCC(=O)O. The number of rotatable bonds is 3. The molecule has 0 radical (unpaired) electrons. The van der Waals surface area contributed by atoms with Crippen LogP contribution in [0.2, 0.25) is 0 Å². The van der Waals surface area contributed by atoms with E-state index >= 15 is 0 Å². The molecule has 1 unspecified atom stereocenters. The lowest BCUT2D eigenvalue weighted by Gasteiger charge is -2.18. The molecule has 0 bridgehead atoms. The van der Waals surface area contributed by atoms with Gasteiger partial charge in [0, 0.05) is 10.3 Å². The van der Waals surface area contributed by atoms with Gasteiger partial charge in [-0.1, -0.05) is 17.7 Å². The van der Waals surface area contributed by atoms with Gasteiger partial charge >= 0.3 is 5.97 Å². The van der Waals surface area contributed by atoms with Gasteiger partial charge in [-0.2, -0.15) is 0 Å². The number of aliphatic carboxylic acids is 1. The second-order valence-corrected chi connectivity index (χ2v) is 4.46. The van der Waals surface area contributed by atoms with Gasteiger partial charge in [-0.15, -0.1) is 11.8 Å². The Labute approximate surface area is 86.7 Å². The smallest absolute Gasteiger partial charge is 0.313 e. The van der Waals surface area contributed by atoms with Gasteiger partial charge < -0.3 is 5.11 Å². The van der Waals surface area contributed by atoms with Crippen LogP contribution in [0.3, 0.4) is 0 Å². The van der Waals surface area contributed by atoms with Crippen LogP contribution in [0, 0.1) is 0 Å². The lowest BCUT2D eigenvalue weighted by atomic mass is 10.1. The molecule has 1 rings (SSSR count). The molecule has 72 valence electrons. The molecular weight excluding hydrogens is 208 g/mol. The van der Waals surface area contributed by atoms with Gasteiger partial charge in [0.15, 0.2) is 0 Å². The van der Waals surface area contributed by atoms with Gasteiger partial charge in [0.25, 0.3) is 0 Å². The molecule has 0 aromatic rings. The topological polar surface area (TPSA) is 37.3 Å². The highest BCUT2D eigenvalue weighted by Gasteiger charge is 2.16. The summed E-state index contributed by atoms with van der Waals surface area (Å²) in [5, 5.41) is 9.48. The third-order valence-corrected chi connectivity index (χ3v) is 3.67. The Morgan fingerprint density at radius 2 is 2.54 bits per heavy atom. The van der Waals surface area contributed by atoms with E-state index in [1.807, 2.05) is 19.1 Å². The molecule has 0 saturated heterocycles. The van der Waals surface area contributed by atoms with E-state index in [2.05, 4.69) is 0 Å². The van der Waals surface area contributed by atoms with Crippen molar-refractivity contribution in [3.8, 4) is 0 Å². The van der Waals surface area contributed by atoms with Crippen LogP contribution in [0.15, 0.2) is 22.8 Å². The van der Waals surface area contributed by atoms with Crippen molar-refractivity contribution in [2.45, 2.75) is 18.6 Å². The summed E-state index contributed by atoms with van der Waals surface area (Å²) in [5.41, 5.74) is 1.08. The van der Waals surface area contributed by atoms with Gasteiger partial charge in [0.2, 0.25) is 0 Å². The molecule has 13 heavy (non-hydrogen) atoms. The van der Waals surface area contributed by atoms with Crippen LogP contribution in [0.25, 0.3) is 0 Å². The molecule has 0 saturated carbocycles. The zero-order chi connectivity index (χ0) is 9.84. The average molecular weight is 219 g/mol. The van der Waals surface area contributed by atoms with Crippen LogP contribution in [0.4, 0.5) is 0 Å². The first kappa shape index (κ1) is 10.7. The lowest BCUT2D eigenvalue weighted by Crippen LogP contribution is -2.11. The van der Waals surface area contributed by atoms with Gasteiger partial charge in [-0.25, -0.2) is 0 Å². The summed E-state index contributed by atoms with van der Waals surface area (Å²) >= 11 is 7.33. The number of carbonyl (C=O) groups is 1. The van der Waals surface area contributed by atoms with E-state index in [1.165, 1.54) is 11.8 Å². The highest BCUT2D eigenvalue weighted by molar-refractivity contribution is 8.00. The third kappa shape index (κ3) is 3.08. The summed E-state index contributed by atoms with van der Waals surface area (Å²) in [6.45, 7) is 1.95. The standard InChI is InChI=1S/C9H11ClO2S/c1-6-7(10)3-2-4-8(6)13-5-9(11)12/h2-3,8H,4-5H2,1H3,(H,11,12). The molecule has 0 amide bonds. The highest BCUT2D eigenvalue weighted by Crippen LogP contribution is 2.30. The Kier molecular flexibility index (Phi) is 3.88. The van der Waals surface area contributed by atoms with E-state index < -0.39 is 5.97 Å². The maximum absolute atomic E-state index is 10.3. The maximum atomic E-state index is 10.3. The Balaban J connectivity index is 2.53. The van der Waals surface area contributed by atoms with E-state index in [4.69, 9.17) is 16.7 Å². The minimum absolute atomic E-state index is 0.139. The van der Waals surface area contributed by atoms with Crippen molar-refractivity contribution in [1.29, 1.82) is 0 Å². The van der Waals surface area contributed by atoms with Crippen molar-refractivity contribution in [3.05, 3.63) is 22.8 Å². The molecule has 0 spiro atoms. The first-order valence-corrected chi connectivity index (χ1v) is 5.40. The fraction of sp³-hybridized carbons (Fsp3) is 0.444. The Bertz CT molecular complexity index is 271. The summed E-state index contributed by atoms with van der Waals surface area (Å²) in [5.74, 6) is -0.636. The fourth-order valence-corrected chi connectivity index (χ4v) is 2.38. The van der Waals surface area contributed by atoms with Crippen LogP contribution >= 0.6 is 23.4 Å². The number of hydrogen-bond acceptors (Lipinski definition) is 2. The molecule has 0 aromatic heterocycles. The predicted molar refractivity (Wildman–Crippen MR) is 56.2 cm³/mol. The number of halogens is 1. The zero-order valence-electron chi connectivity index (χ0n) is 7.29. The van der Waals surface area contributed by atoms with Gasteiger partial charge in [0.05, 0.1) is 5.75 Å². The van der Waals surface area contributed by atoms with Crippen molar-refractivity contribution >= 4 is 29.3 Å². The number of thioether (sulfide) groups is 1. The molecule has 1 atom stereocenters. The second kappa shape index (κ2) is 4.72. The van der Waals surface area contributed by atoms with Gasteiger partial charge in [-0.3, -0.25) is 4.79 Å². The molecule has 4 heteroatoms. The molecule has 0 aliphatic heterocycles. The lowest BCUT2D eigenvalue weighted by molar-refractivity contribution is -0.133. The van der Waals surface area contributed by atoms with Crippen LogP contribution in [-0.4, -0.2) is 22.1 Å². The minimum Gasteiger partial charge on any atom is -0.481 e. The fourth-order valence-electron chi connectivity index (χ4n) is 1.12. The van der Waals surface area contributed by atoms with Crippen molar-refractivity contribution in [3.63, 3.8) is 0 Å². The van der Waals surface area contributed by atoms with E-state index in [0.717, 1.165) is 17.0 Å². The maximum Gasteiger partial charge on any atom is 0.313 e. The monoisotopic (exact) mass is 218 g/mol. The largest absolute Gasteiger partial charge is 0.481 e. The van der Waals surface area contributed by atoms with Crippen molar-refractivity contribution < 1.29 is 9.90 Å². The molecule has 1 aliphatic carbocycles. The Hall–Kier alpha value is -0.410. The van der Waals surface area contributed by atoms with Crippen LogP contribution in [0.5, 0.6) is 0 Å². The van der Waals surface area contributed by atoms with E-state index in [0.29, 0.717) is 0 Å². The highest BCUT2D eigenvalue weighted by atomic mass is 35.5. The molecule has 1 aliphatic rings. The van der Waals surface area contributed by atoms with Crippen LogP contribution < -0.4 is 0 Å². The van der Waals surface area contributed by atoms with Crippen LogP contribution in [0.1, 0.15) is 13.3 Å². The molecular formula is C9H11ClO2S. The van der Waals surface area contributed by atoms with E-state index in [1.54, 1.807) is 0 Å². The van der Waals surface area contributed by atoms with Crippen molar-refractivity contribution in [2.24, 2.45) is 0 Å². The van der Waals surface area contributed by atoms with Gasteiger partial charge in [-0.05, 0) is 25.0 Å². The summed E-state index contributed by atoms with van der Waals surface area (Å²) in [7, 11) is 0. The number of carboxylic acid groups (broad SMARTS) is 1. The summed E-state index contributed by atoms with van der Waals surface area (Å²) in [6.07, 6.45) is 4.73. The molecule has 2 nitrogen and oxygen atoms in total. The minimum atomic E-state index is -0.775. The molecule has 1 N–H and O–H groups in total.